The van der Waals surface area contributed by atoms with Crippen molar-refractivity contribution in [2.24, 2.45) is 0 Å². The fourth-order valence-electron chi connectivity index (χ4n) is 1.79. The van der Waals surface area contributed by atoms with Gasteiger partial charge in [-0.15, -0.1) is 0 Å². The Hall–Kier alpha value is -1.41. The molecule has 1 aliphatic heterocycles. The molecule has 0 atom stereocenters. The van der Waals surface area contributed by atoms with Crippen molar-refractivity contribution >= 4 is 21.5 Å². The highest BCUT2D eigenvalue weighted by Gasteiger charge is 2.19. The third kappa shape index (κ3) is 2.88. The van der Waals surface area contributed by atoms with Gasteiger partial charge in [-0.3, -0.25) is 0 Å². The van der Waals surface area contributed by atoms with Gasteiger partial charge >= 0.3 is 0 Å². The summed E-state index contributed by atoms with van der Waals surface area (Å²) in [6.45, 7) is 3.43. The van der Waals surface area contributed by atoms with Crippen LogP contribution >= 0.6 is 0 Å². The summed E-state index contributed by atoms with van der Waals surface area (Å²) in [7, 11) is -1.39. The largest absolute Gasteiger partial charge is 0.383 e. The van der Waals surface area contributed by atoms with Gasteiger partial charge < -0.3 is 15.5 Å². The molecule has 0 amide bonds. The Kier molecular flexibility index (Phi) is 3.40. The van der Waals surface area contributed by atoms with Gasteiger partial charge in [0.15, 0.2) is 0 Å². The molecule has 7 nitrogen and oxygen atoms in total. The molecule has 1 aromatic rings. The van der Waals surface area contributed by atoms with Crippen LogP contribution in [0.5, 0.6) is 0 Å². The number of hydrogen-bond donors (Lipinski definition) is 1. The van der Waals surface area contributed by atoms with Crippen LogP contribution in [0.3, 0.4) is 0 Å². The summed E-state index contributed by atoms with van der Waals surface area (Å²) in [6, 6.07) is 1.61. The lowest BCUT2D eigenvalue weighted by atomic mass is 10.3. The summed E-state index contributed by atoms with van der Waals surface area (Å²) in [6.07, 6.45) is 1.08. The molecule has 0 bridgehead atoms. The Balaban J connectivity index is 2.31. The van der Waals surface area contributed by atoms with Crippen LogP contribution in [-0.4, -0.2) is 62.8 Å². The first-order valence-electron chi connectivity index (χ1n) is 5.64. The minimum Gasteiger partial charge on any atom is -0.383 e. The number of nitrogens with two attached hydrogens (primary N) is 1. The number of nitrogen functional groups attached to an aromatic ring is 1. The summed E-state index contributed by atoms with van der Waals surface area (Å²) in [5, 5.41) is -0.212. The summed E-state index contributed by atoms with van der Waals surface area (Å²) < 4.78 is 22.9. The van der Waals surface area contributed by atoms with E-state index in [1.165, 1.54) is 0 Å². The van der Waals surface area contributed by atoms with Gasteiger partial charge in [0.1, 0.15) is 11.6 Å². The number of likely N-dealkylation sites (N-methyl/N-ethyl adjacent to an activating group) is 1. The van der Waals surface area contributed by atoms with E-state index in [4.69, 9.17) is 5.73 Å². The van der Waals surface area contributed by atoms with Crippen molar-refractivity contribution in [1.82, 2.24) is 14.9 Å². The third-order valence-electron chi connectivity index (χ3n) is 2.87. The molecule has 2 heterocycles. The first kappa shape index (κ1) is 13.0. The smallest absolute Gasteiger partial charge is 0.250 e. The summed E-state index contributed by atoms with van der Waals surface area (Å²) in [5.41, 5.74) is 5.64. The second-order valence-corrected chi connectivity index (χ2v) is 6.41. The first-order chi connectivity index (χ1) is 8.36. The van der Waals surface area contributed by atoms with Crippen molar-refractivity contribution in [2.45, 2.75) is 5.16 Å². The van der Waals surface area contributed by atoms with Crippen LogP contribution < -0.4 is 10.6 Å². The maximum Gasteiger partial charge on any atom is 0.250 e. The van der Waals surface area contributed by atoms with Gasteiger partial charge in [-0.2, -0.15) is 0 Å². The minimum atomic E-state index is -3.44. The fourth-order valence-corrected chi connectivity index (χ4v) is 2.32. The highest BCUT2D eigenvalue weighted by molar-refractivity contribution is 7.90. The molecule has 1 aliphatic rings. The Bertz CT molecular complexity index is 537. The van der Waals surface area contributed by atoms with Crippen molar-refractivity contribution < 1.29 is 8.42 Å². The van der Waals surface area contributed by atoms with Gasteiger partial charge in [-0.25, -0.2) is 18.4 Å². The highest BCUT2D eigenvalue weighted by Crippen LogP contribution is 2.17. The van der Waals surface area contributed by atoms with Crippen LogP contribution in [0.4, 0.5) is 11.6 Å². The summed E-state index contributed by atoms with van der Waals surface area (Å²) in [5.74, 6) is 0.760. The quantitative estimate of drug-likeness (QED) is 0.705. The molecule has 1 aromatic heterocycles. The Labute approximate surface area is 107 Å². The molecule has 8 heteroatoms. The zero-order chi connectivity index (χ0) is 13.3. The second-order valence-electron chi connectivity index (χ2n) is 4.50. The summed E-state index contributed by atoms with van der Waals surface area (Å²) in [4.78, 5) is 12.1. The number of piperazine rings is 1. The first-order valence-corrected chi connectivity index (χ1v) is 7.53. The topological polar surface area (TPSA) is 92.4 Å². The monoisotopic (exact) mass is 271 g/mol. The summed E-state index contributed by atoms with van der Waals surface area (Å²) >= 11 is 0. The highest BCUT2D eigenvalue weighted by atomic mass is 32.2. The lowest BCUT2D eigenvalue weighted by molar-refractivity contribution is 0.312. The van der Waals surface area contributed by atoms with E-state index >= 15 is 0 Å². The van der Waals surface area contributed by atoms with Crippen molar-refractivity contribution in [1.29, 1.82) is 0 Å². The fraction of sp³-hybridized carbons (Fsp3) is 0.600. The molecule has 0 spiro atoms. The molecule has 2 N–H and O–H groups in total. The molecule has 0 radical (unpaired) electrons. The second kappa shape index (κ2) is 4.69. The Morgan fingerprint density at radius 1 is 1.22 bits per heavy atom. The van der Waals surface area contributed by atoms with E-state index < -0.39 is 9.84 Å². The number of anilines is 2. The molecule has 100 valence electrons. The normalized spacial score (nSPS) is 18.0. The molecular formula is C10H17N5O2S. The van der Waals surface area contributed by atoms with E-state index in [0.717, 1.165) is 32.4 Å². The zero-order valence-corrected chi connectivity index (χ0v) is 11.3. The average Bonchev–Trinajstić information content (AvgIpc) is 2.28. The van der Waals surface area contributed by atoms with E-state index in [9.17, 15) is 8.42 Å². The average molecular weight is 271 g/mol. The molecule has 1 fully saturated rings. The van der Waals surface area contributed by atoms with Gasteiger partial charge in [-0.05, 0) is 7.05 Å². The van der Waals surface area contributed by atoms with Crippen LogP contribution in [0.25, 0.3) is 0 Å². The molecule has 18 heavy (non-hydrogen) atoms. The number of nitrogens with zero attached hydrogens (tertiary/aromatic N) is 4. The van der Waals surface area contributed by atoms with Gasteiger partial charge in [-0.1, -0.05) is 0 Å². The number of aromatic nitrogens is 2. The minimum absolute atomic E-state index is 0.180. The number of sulfone groups is 1. The lowest BCUT2D eigenvalue weighted by Crippen LogP contribution is -2.45. The van der Waals surface area contributed by atoms with Crippen LogP contribution in [0.15, 0.2) is 11.2 Å². The molecule has 0 aromatic carbocycles. The van der Waals surface area contributed by atoms with Gasteiger partial charge in [0.2, 0.25) is 9.84 Å². The van der Waals surface area contributed by atoms with Crippen molar-refractivity contribution in [2.75, 3.05) is 50.1 Å². The van der Waals surface area contributed by atoms with Crippen molar-refractivity contribution in [3.05, 3.63) is 6.07 Å². The van der Waals surface area contributed by atoms with Crippen LogP contribution in [0.1, 0.15) is 0 Å². The molecule has 0 unspecified atom stereocenters. The van der Waals surface area contributed by atoms with Gasteiger partial charge in [0, 0.05) is 38.5 Å². The Morgan fingerprint density at radius 2 is 1.83 bits per heavy atom. The van der Waals surface area contributed by atoms with E-state index in [1.54, 1.807) is 6.07 Å². The maximum absolute atomic E-state index is 11.5. The zero-order valence-electron chi connectivity index (χ0n) is 10.5. The maximum atomic E-state index is 11.5. The molecule has 1 saturated heterocycles. The van der Waals surface area contributed by atoms with E-state index in [2.05, 4.69) is 14.9 Å². The molecule has 0 saturated carbocycles. The van der Waals surface area contributed by atoms with Gasteiger partial charge in [0.25, 0.3) is 5.16 Å². The van der Waals surface area contributed by atoms with E-state index in [1.807, 2.05) is 11.9 Å². The van der Waals surface area contributed by atoms with Crippen LogP contribution in [-0.2, 0) is 9.84 Å². The lowest BCUT2D eigenvalue weighted by Gasteiger charge is -2.33. The SMILES string of the molecule is CN1CCN(c2cc(N)nc(S(C)(=O)=O)n2)CC1. The number of rotatable bonds is 2. The number of hydrogen-bond acceptors (Lipinski definition) is 7. The van der Waals surface area contributed by atoms with E-state index in [0.29, 0.717) is 5.82 Å². The predicted molar refractivity (Wildman–Crippen MR) is 69.3 cm³/mol. The Morgan fingerprint density at radius 3 is 2.39 bits per heavy atom. The van der Waals surface area contributed by atoms with E-state index in [-0.39, 0.29) is 11.0 Å². The van der Waals surface area contributed by atoms with Crippen LogP contribution in [0, 0.1) is 0 Å². The van der Waals surface area contributed by atoms with Crippen molar-refractivity contribution in [3.63, 3.8) is 0 Å². The molecule has 2 rings (SSSR count). The van der Waals surface area contributed by atoms with Crippen molar-refractivity contribution in [3.8, 4) is 0 Å². The van der Waals surface area contributed by atoms with Crippen LogP contribution in [0.2, 0.25) is 0 Å². The third-order valence-corrected chi connectivity index (χ3v) is 3.72. The standard InChI is InChI=1S/C10H17N5O2S/c1-14-3-5-15(6-4-14)9-7-8(11)12-10(13-9)18(2,16)17/h7H,3-6H2,1-2H3,(H2,11,12,13). The van der Waals surface area contributed by atoms with Gasteiger partial charge in [0.05, 0.1) is 0 Å². The molecule has 0 aliphatic carbocycles. The molecular weight excluding hydrogens is 254 g/mol. The predicted octanol–water partition coefficient (Wildman–Crippen LogP) is -0.786.